The number of phenolic OH excluding ortho intramolecular Hbond substituents is 1. The number of hydrogen-bond donors (Lipinski definition) is 1. The number of imidazole rings is 1. The van der Waals surface area contributed by atoms with Gasteiger partial charge in [-0.05, 0) is 57.5 Å². The number of fused-ring (bicyclic) bond motifs is 2. The molecule has 0 spiro atoms. The van der Waals surface area contributed by atoms with Gasteiger partial charge in [-0.25, -0.2) is 4.98 Å². The number of aromatic nitrogens is 3. The molecule has 0 aliphatic carbocycles. The van der Waals surface area contributed by atoms with E-state index >= 15 is 0 Å². The Kier molecular flexibility index (Phi) is 8.44. The molecule has 7 rings (SSSR count). The van der Waals surface area contributed by atoms with Gasteiger partial charge in [0.05, 0.1) is 16.6 Å². The average Bonchev–Trinajstić information content (AvgIpc) is 3.43. The summed E-state index contributed by atoms with van der Waals surface area (Å²) < 4.78 is 2.17. The quantitative estimate of drug-likeness (QED) is 0.181. The molecule has 1 N–H and O–H groups in total. The number of benzene rings is 5. The van der Waals surface area contributed by atoms with Gasteiger partial charge in [-0.3, -0.25) is 9.55 Å². The first-order valence-electron chi connectivity index (χ1n) is 15.8. The molecule has 5 heteroatoms. The van der Waals surface area contributed by atoms with E-state index in [1.54, 1.807) is 6.07 Å². The van der Waals surface area contributed by atoms with E-state index in [4.69, 9.17) is 9.97 Å². The second kappa shape index (κ2) is 12.2. The number of phenols is 1. The van der Waals surface area contributed by atoms with E-state index < -0.39 is 0 Å². The van der Waals surface area contributed by atoms with Crippen molar-refractivity contribution in [3.05, 3.63) is 133 Å². The Morgan fingerprint density at radius 3 is 1.96 bits per heavy atom. The summed E-state index contributed by atoms with van der Waals surface area (Å²) >= 11 is 0. The predicted octanol–water partition coefficient (Wildman–Crippen LogP) is 10.7. The van der Waals surface area contributed by atoms with Crippen LogP contribution in [0.25, 0.3) is 61.3 Å². The van der Waals surface area contributed by atoms with Gasteiger partial charge in [-0.15, -0.1) is 29.3 Å². The zero-order valence-electron chi connectivity index (χ0n) is 27.6. The largest absolute Gasteiger partial charge is 0.507 e. The minimum atomic E-state index is -0.131. The van der Waals surface area contributed by atoms with Gasteiger partial charge < -0.3 is 5.11 Å². The van der Waals surface area contributed by atoms with Gasteiger partial charge in [0.1, 0.15) is 11.6 Å². The van der Waals surface area contributed by atoms with Crippen LogP contribution in [0.5, 0.6) is 5.75 Å². The van der Waals surface area contributed by atoms with E-state index in [-0.39, 0.29) is 37.6 Å². The first-order valence-corrected chi connectivity index (χ1v) is 15.8. The van der Waals surface area contributed by atoms with Crippen molar-refractivity contribution in [1.82, 2.24) is 14.5 Å². The third-order valence-electron chi connectivity index (χ3n) is 8.72. The fourth-order valence-corrected chi connectivity index (χ4v) is 6.01. The molecular weight excluding hydrogens is 758 g/mol. The first kappa shape index (κ1) is 32.4. The molecule has 5 aromatic carbocycles. The van der Waals surface area contributed by atoms with Crippen LogP contribution >= 0.6 is 0 Å². The number of nitrogens with zero attached hydrogens (tertiary/aromatic N) is 3. The van der Waals surface area contributed by atoms with Crippen molar-refractivity contribution in [2.75, 3.05) is 0 Å². The predicted molar refractivity (Wildman–Crippen MR) is 191 cm³/mol. The second-order valence-electron chi connectivity index (χ2n) is 14.1. The number of hydrogen-bond acceptors (Lipinski definition) is 3. The molecular formula is C42H38N3OPt-. The maximum absolute atomic E-state index is 11.0. The van der Waals surface area contributed by atoms with Crippen molar-refractivity contribution in [2.45, 2.75) is 52.4 Å². The Bertz CT molecular complexity index is 2240. The van der Waals surface area contributed by atoms with Crippen molar-refractivity contribution in [3.8, 4) is 45.2 Å². The molecule has 0 aliphatic heterocycles. The summed E-state index contributed by atoms with van der Waals surface area (Å²) in [5.41, 5.74) is 9.45. The summed E-state index contributed by atoms with van der Waals surface area (Å²) in [6.45, 7) is 13.4. The zero-order valence-corrected chi connectivity index (χ0v) is 29.8. The number of para-hydroxylation sites is 2. The monoisotopic (exact) mass is 795 g/mol. The van der Waals surface area contributed by atoms with Crippen LogP contribution in [0.4, 0.5) is 0 Å². The van der Waals surface area contributed by atoms with Crippen molar-refractivity contribution in [1.29, 1.82) is 0 Å². The first-order chi connectivity index (χ1) is 22.0. The van der Waals surface area contributed by atoms with Crippen LogP contribution in [0.15, 0.2) is 115 Å². The molecule has 0 saturated carbocycles. The van der Waals surface area contributed by atoms with Gasteiger partial charge in [0.15, 0.2) is 0 Å². The van der Waals surface area contributed by atoms with Crippen molar-refractivity contribution < 1.29 is 26.2 Å². The smallest absolute Gasteiger partial charge is 0.148 e. The van der Waals surface area contributed by atoms with E-state index in [0.29, 0.717) is 11.4 Å². The third kappa shape index (κ3) is 6.15. The van der Waals surface area contributed by atoms with E-state index in [2.05, 4.69) is 113 Å². The number of pyridine rings is 1. The minimum Gasteiger partial charge on any atom is -0.507 e. The van der Waals surface area contributed by atoms with E-state index in [1.807, 2.05) is 48.7 Å². The van der Waals surface area contributed by atoms with E-state index in [0.717, 1.165) is 49.9 Å². The summed E-state index contributed by atoms with van der Waals surface area (Å²) in [4.78, 5) is 10.2. The van der Waals surface area contributed by atoms with Gasteiger partial charge in [-0.2, -0.15) is 0 Å². The third-order valence-corrected chi connectivity index (χ3v) is 8.72. The Hall–Kier alpha value is -4.53. The van der Waals surface area contributed by atoms with Crippen LogP contribution in [0.1, 0.15) is 52.7 Å². The fourth-order valence-electron chi connectivity index (χ4n) is 6.01. The summed E-state index contributed by atoms with van der Waals surface area (Å²) in [5, 5.41) is 13.3. The SMILES string of the molecule is CC(C)(C)c1cc(-c2cc3ccccc3cn2)[c-]c(-c2cc(C(C)(C)C)cc3c2nc(-c2ccccc2O)n3-c2ccccc2)c1.[Pt]. The van der Waals surface area contributed by atoms with Crippen LogP contribution in [0, 0.1) is 6.07 Å². The Morgan fingerprint density at radius 1 is 0.638 bits per heavy atom. The summed E-state index contributed by atoms with van der Waals surface area (Å²) in [7, 11) is 0. The number of aromatic hydroxyl groups is 1. The second-order valence-corrected chi connectivity index (χ2v) is 14.1. The molecule has 0 bridgehead atoms. The molecule has 2 aromatic heterocycles. The maximum Gasteiger partial charge on any atom is 0.148 e. The van der Waals surface area contributed by atoms with E-state index in [9.17, 15) is 5.11 Å². The standard InChI is InChI=1S/C42H38N3O.Pt/c1-41(2,3)31-21-29(20-30(22-31)36-23-27-14-10-11-15-28(27)26-43-36)35-24-32(42(4,5)6)25-37-39(35)44-40(34-18-12-13-19-38(34)46)45(37)33-16-8-7-9-17-33;/h7-19,21-26,46H,1-6H3;/q-1;. The molecule has 0 fully saturated rings. The molecule has 0 aliphatic rings. The molecule has 0 unspecified atom stereocenters. The minimum absolute atomic E-state index is 0. The van der Waals surface area contributed by atoms with Gasteiger partial charge in [0.25, 0.3) is 0 Å². The molecule has 0 atom stereocenters. The molecule has 2 heterocycles. The van der Waals surface area contributed by atoms with Crippen molar-refractivity contribution >= 4 is 21.8 Å². The summed E-state index contributed by atoms with van der Waals surface area (Å²) in [6.07, 6.45) is 1.94. The van der Waals surface area contributed by atoms with E-state index in [1.165, 1.54) is 11.1 Å². The number of rotatable bonds is 4. The topological polar surface area (TPSA) is 50.9 Å². The molecule has 238 valence electrons. The molecule has 47 heavy (non-hydrogen) atoms. The Labute approximate surface area is 291 Å². The van der Waals surface area contributed by atoms with Crippen molar-refractivity contribution in [2.24, 2.45) is 0 Å². The Morgan fingerprint density at radius 2 is 1.26 bits per heavy atom. The molecule has 0 saturated heterocycles. The molecule has 7 aromatic rings. The fraction of sp³-hybridized carbons (Fsp3) is 0.190. The van der Waals surface area contributed by atoms with Crippen LogP contribution in [-0.2, 0) is 31.9 Å². The van der Waals surface area contributed by atoms with Crippen molar-refractivity contribution in [3.63, 3.8) is 0 Å². The van der Waals surface area contributed by atoms with Gasteiger partial charge in [0, 0.05) is 38.6 Å². The van der Waals surface area contributed by atoms with Crippen LogP contribution in [-0.4, -0.2) is 19.6 Å². The molecule has 0 radical (unpaired) electrons. The zero-order chi connectivity index (χ0) is 32.2. The van der Waals surface area contributed by atoms with Crippen LogP contribution < -0.4 is 0 Å². The maximum atomic E-state index is 11.0. The van der Waals surface area contributed by atoms with Gasteiger partial charge in [0.2, 0.25) is 0 Å². The van der Waals surface area contributed by atoms with Crippen LogP contribution in [0.2, 0.25) is 0 Å². The van der Waals surface area contributed by atoms with Gasteiger partial charge in [-0.1, -0.05) is 119 Å². The van der Waals surface area contributed by atoms with Crippen LogP contribution in [0.3, 0.4) is 0 Å². The normalized spacial score (nSPS) is 12.0. The average molecular weight is 796 g/mol. The summed E-state index contributed by atoms with van der Waals surface area (Å²) in [6, 6.07) is 40.9. The Balaban J connectivity index is 0.00000386. The van der Waals surface area contributed by atoms with Gasteiger partial charge >= 0.3 is 0 Å². The molecule has 0 amide bonds. The summed E-state index contributed by atoms with van der Waals surface area (Å²) in [5.74, 6) is 0.883. The molecule has 4 nitrogen and oxygen atoms in total.